The van der Waals surface area contributed by atoms with Gasteiger partial charge in [0.2, 0.25) is 5.57 Å². The number of rotatable bonds is 51. The van der Waals surface area contributed by atoms with Crippen LogP contribution in [0.25, 0.3) is 6.08 Å². The lowest BCUT2D eigenvalue weighted by molar-refractivity contribution is -0.157. The molecule has 26 heteroatoms. The summed E-state index contributed by atoms with van der Waals surface area (Å²) >= 11 is 0. The zero-order valence-corrected chi connectivity index (χ0v) is 75.2. The first-order valence-electron chi connectivity index (χ1n) is 41.1. The smallest absolute Gasteiger partial charge is 0.466 e. The average molecular weight is 1690 g/mol. The molecule has 0 aliphatic heterocycles. The second-order valence-corrected chi connectivity index (χ2v) is 28.5. The molecule has 26 nitrogen and oxygen atoms in total. The minimum absolute atomic E-state index is 0.0532. The third-order valence-electron chi connectivity index (χ3n) is 17.2. The van der Waals surface area contributed by atoms with Gasteiger partial charge in [0.05, 0.1) is 95.4 Å². The van der Waals surface area contributed by atoms with E-state index < -0.39 is 113 Å². The van der Waals surface area contributed by atoms with E-state index in [1.807, 2.05) is 78.9 Å². The largest absolute Gasteiger partial charge is 0.487 e. The number of unbranched alkanes of at least 4 members (excludes halogenated alkanes) is 1. The molecule has 0 heterocycles. The van der Waals surface area contributed by atoms with Crippen molar-refractivity contribution in [3.63, 3.8) is 0 Å². The van der Waals surface area contributed by atoms with Crippen molar-refractivity contribution < 1.29 is 124 Å². The summed E-state index contributed by atoms with van der Waals surface area (Å²) in [5.41, 5.74) is 3.12. The Hall–Kier alpha value is -10.0. The molecule has 3 aromatic rings. The molecule has 120 heavy (non-hydrogen) atoms. The first-order valence-corrected chi connectivity index (χ1v) is 41.1. The van der Waals surface area contributed by atoms with Crippen molar-refractivity contribution in [2.24, 2.45) is 41.4 Å². The predicted octanol–water partition coefficient (Wildman–Crippen LogP) is 16.1. The van der Waals surface area contributed by atoms with Crippen molar-refractivity contribution in [1.82, 2.24) is 0 Å². The molecule has 9 unspecified atom stereocenters. The molecule has 0 aliphatic carbocycles. The highest BCUT2D eigenvalue weighted by molar-refractivity contribution is 5.94. The number of carbonyl (C=O) groups excluding carboxylic acids is 14. The van der Waals surface area contributed by atoms with Crippen molar-refractivity contribution in [1.29, 1.82) is 0 Å². The Balaban J connectivity index is -0.00000104. The average Bonchev–Trinajstić information content (AvgIpc) is 0.819. The van der Waals surface area contributed by atoms with Crippen LogP contribution >= 0.6 is 0 Å². The van der Waals surface area contributed by atoms with E-state index in [0.717, 1.165) is 31.3 Å². The SMILES string of the molecule is C=Cc1ccccc1.CCC(C)OC.CCCCOC.CCOC(=O)/C=C/C(C)=O.CCOC(=O)CC(CC(C)C(=O)OCCCOC(=O)C(C)CC(CC(C)=O)C(=O)OCC(=O)C(CC(=O)OCC)C(CCC(c1ccccc1)C(CC(C)=O)C(=O)OCC)c1ccccc1)C(C)=O.COCC(C)C.[CH+]=C(C)C(=O)OCCCOC(=O)C(=C)C. The molecule has 0 saturated heterocycles. The number of Topliss-reactive ketones (excluding diaryl/α,β-unsaturated/α-hetero) is 4. The lowest BCUT2D eigenvalue weighted by atomic mass is 9.73. The molecule has 0 amide bonds. The molecule has 0 spiro atoms. The summed E-state index contributed by atoms with van der Waals surface area (Å²) in [6.07, 6.45) is 8.32. The van der Waals surface area contributed by atoms with Crippen molar-refractivity contribution in [3.8, 4) is 0 Å². The predicted molar refractivity (Wildman–Crippen MR) is 460 cm³/mol. The Morgan fingerprint density at radius 2 is 0.900 bits per heavy atom. The van der Waals surface area contributed by atoms with Crippen molar-refractivity contribution >= 4 is 88.7 Å². The highest BCUT2D eigenvalue weighted by Crippen LogP contribution is 2.40. The fraction of sp³-hybridized carbons (Fsp3) is 0.574. The van der Waals surface area contributed by atoms with Gasteiger partial charge in [0.1, 0.15) is 30.6 Å². The Labute approximate surface area is 714 Å². The standard InChI is InChI=1S/C53H72O16.C11H15O4.C8H8.C7H10O3.3C5H12O/c1-9-64-48(58)31-41(38(8)56)27-34(4)50(60)67-25-18-26-68-51(61)35(5)28-42(29-36(6)54)52(62)69-33-47(57)45(32-49(59)65-10-2)43(39-19-14-12-15-20-39)23-24-44(40-21-16-13-17-22-40)46(30-37(7)55)53(63)66-11-3;1-8(2)10(12)14-6-5-7-15-11(13)9(3)4;1-2-8-6-4-3-5-7-8;1-3-10-7(9)5-4-6(2)8;1-5(2)4-6-3;1-4-5(2)6-3;1-3-4-5-6-2/h12-17,19-22,34-35,41-46H,9-11,18,23-33H2,1-8H3;1H,3,5-7H2,2,4H3;2-7H,1H2;4-5H,3H2,1-2H3;2*5H,4H2,1-3H3;3-5H2,1-2H3/q;+1;;;;;/b;;;5-4+;;;. The van der Waals surface area contributed by atoms with Crippen LogP contribution in [0.4, 0.5) is 0 Å². The lowest BCUT2D eigenvalue weighted by Crippen LogP contribution is -2.33. The Morgan fingerprint density at radius 1 is 0.450 bits per heavy atom. The molecule has 0 aliphatic rings. The van der Waals surface area contributed by atoms with E-state index in [4.69, 9.17) is 58.7 Å². The highest BCUT2D eigenvalue weighted by atomic mass is 16.6. The van der Waals surface area contributed by atoms with Gasteiger partial charge in [-0.25, -0.2) is 9.59 Å². The van der Waals surface area contributed by atoms with Crippen LogP contribution < -0.4 is 0 Å². The van der Waals surface area contributed by atoms with Crippen molar-refractivity contribution in [2.75, 3.05) is 94.0 Å². The summed E-state index contributed by atoms with van der Waals surface area (Å²) < 4.78 is 60.4. The van der Waals surface area contributed by atoms with Gasteiger partial charge in [-0.2, -0.15) is 0 Å². The molecule has 0 saturated carbocycles. The number of allylic oxidation sites excluding steroid dienone is 1. The number of hydrogen-bond acceptors (Lipinski definition) is 26. The quantitative estimate of drug-likeness (QED) is 0.0166. The molecule has 0 N–H and O–H groups in total. The summed E-state index contributed by atoms with van der Waals surface area (Å²) in [6.45, 7) is 42.9. The van der Waals surface area contributed by atoms with E-state index in [2.05, 4.69) is 52.5 Å². The van der Waals surface area contributed by atoms with Gasteiger partial charge in [0.15, 0.2) is 11.6 Å². The Bertz CT molecular complexity index is 3440. The Morgan fingerprint density at radius 3 is 1.26 bits per heavy atom. The van der Waals surface area contributed by atoms with Gasteiger partial charge < -0.3 is 66.4 Å². The van der Waals surface area contributed by atoms with Gasteiger partial charge in [0.25, 0.3) is 0 Å². The maximum absolute atomic E-state index is 14.3. The van der Waals surface area contributed by atoms with E-state index in [-0.39, 0.29) is 126 Å². The van der Waals surface area contributed by atoms with Crippen LogP contribution in [-0.2, 0) is 124 Å². The monoisotopic (exact) mass is 1690 g/mol. The van der Waals surface area contributed by atoms with E-state index in [1.54, 1.807) is 81.1 Å². The van der Waals surface area contributed by atoms with Crippen LogP contribution in [0.3, 0.4) is 0 Å². The molecule has 3 aromatic carbocycles. The molecule has 0 radical (unpaired) electrons. The second kappa shape index (κ2) is 74.1. The lowest BCUT2D eigenvalue weighted by Gasteiger charge is -2.30. The molecular weight excluding hydrogens is 1550 g/mol. The number of ether oxygens (including phenoxy) is 12. The molecule has 0 fully saturated rings. The molecule has 0 bridgehead atoms. The van der Waals surface area contributed by atoms with Gasteiger partial charge in [-0.3, -0.25) is 43.2 Å². The number of ketones is 5. The topological polar surface area (TPSA) is 350 Å². The minimum atomic E-state index is -1.12. The van der Waals surface area contributed by atoms with Gasteiger partial charge >= 0.3 is 53.7 Å². The van der Waals surface area contributed by atoms with E-state index in [0.29, 0.717) is 42.6 Å². The third-order valence-corrected chi connectivity index (χ3v) is 17.2. The van der Waals surface area contributed by atoms with Gasteiger partial charge in [-0.05, 0) is 148 Å². The van der Waals surface area contributed by atoms with Crippen LogP contribution in [0, 0.1) is 48.0 Å². The molecule has 9 atom stereocenters. The van der Waals surface area contributed by atoms with Crippen molar-refractivity contribution in [2.45, 2.75) is 219 Å². The fourth-order valence-electron chi connectivity index (χ4n) is 10.7. The summed E-state index contributed by atoms with van der Waals surface area (Å²) in [5, 5.41) is 0. The number of hydrogen-bond donors (Lipinski definition) is 0. The zero-order valence-electron chi connectivity index (χ0n) is 75.2. The summed E-state index contributed by atoms with van der Waals surface area (Å²) in [6, 6.07) is 28.3. The number of benzene rings is 3. The maximum Gasteiger partial charge on any atom is 0.487 e. The number of carbonyl (C=O) groups is 14. The number of esters is 9. The van der Waals surface area contributed by atoms with Crippen LogP contribution in [0.1, 0.15) is 230 Å². The third kappa shape index (κ3) is 62.2. The molecular formula is C94H141O26+. The number of methoxy groups -OCH3 is 3. The Kier molecular flexibility index (Phi) is 71.8. The highest BCUT2D eigenvalue weighted by Gasteiger charge is 2.38. The normalized spacial score (nSPS) is 12.5. The van der Waals surface area contributed by atoms with Crippen LogP contribution in [0.5, 0.6) is 0 Å². The molecule has 0 aromatic heterocycles. The van der Waals surface area contributed by atoms with E-state index in [1.165, 1.54) is 66.0 Å². The first kappa shape index (κ1) is 116. The summed E-state index contributed by atoms with van der Waals surface area (Å²) in [5.74, 6) is -12.7. The van der Waals surface area contributed by atoms with Crippen molar-refractivity contribution in [3.05, 3.63) is 151 Å². The van der Waals surface area contributed by atoms with E-state index in [9.17, 15) is 67.1 Å². The van der Waals surface area contributed by atoms with Crippen LogP contribution in [0.2, 0.25) is 0 Å². The van der Waals surface area contributed by atoms with Gasteiger partial charge in [-0.1, -0.05) is 158 Å². The van der Waals surface area contributed by atoms with Gasteiger partial charge in [-0.15, -0.1) is 4.79 Å². The fourth-order valence-corrected chi connectivity index (χ4v) is 10.7. The second-order valence-electron chi connectivity index (χ2n) is 28.5. The van der Waals surface area contributed by atoms with Crippen LogP contribution in [0.15, 0.2) is 127 Å². The van der Waals surface area contributed by atoms with E-state index >= 15 is 0 Å². The molecule has 672 valence electrons. The van der Waals surface area contributed by atoms with Crippen LogP contribution in [-0.4, -0.2) is 183 Å². The molecule has 3 rings (SSSR count). The first-order chi connectivity index (χ1) is 56.9. The zero-order chi connectivity index (χ0) is 91.9. The van der Waals surface area contributed by atoms with Gasteiger partial charge in [0, 0.05) is 90.6 Å². The summed E-state index contributed by atoms with van der Waals surface area (Å²) in [7, 11) is 5.18. The minimum Gasteiger partial charge on any atom is -0.466 e. The summed E-state index contributed by atoms with van der Waals surface area (Å²) in [4.78, 5) is 171. The maximum atomic E-state index is 14.3.